The Balaban J connectivity index is 1.88. The summed E-state index contributed by atoms with van der Waals surface area (Å²) in [6, 6.07) is 14.5. The van der Waals surface area contributed by atoms with Gasteiger partial charge in [-0.15, -0.1) is 11.3 Å². The number of rotatable bonds is 4. The number of thiophene rings is 1. The molecule has 3 rings (SSSR count). The van der Waals surface area contributed by atoms with Crippen LogP contribution in [0.15, 0.2) is 42.5 Å². The first kappa shape index (κ1) is 15.1. The van der Waals surface area contributed by atoms with Gasteiger partial charge in [0.2, 0.25) is 0 Å². The standard InChI is InChI=1S/C18H21ClOS/c19-17-10-9-15(21-17)13-16(20)18(11-5-2-6-12-18)14-7-3-1-4-8-14/h1,3-4,7-10,16,20H,2,5-6,11-13H2. The minimum absolute atomic E-state index is 0.0873. The van der Waals surface area contributed by atoms with Gasteiger partial charge in [-0.1, -0.05) is 61.2 Å². The molecule has 1 nitrogen and oxygen atoms in total. The fourth-order valence-corrected chi connectivity index (χ4v) is 4.74. The van der Waals surface area contributed by atoms with E-state index in [1.807, 2.05) is 18.2 Å². The topological polar surface area (TPSA) is 20.2 Å². The number of aliphatic hydroxyl groups excluding tert-OH is 1. The molecule has 112 valence electrons. The highest BCUT2D eigenvalue weighted by Crippen LogP contribution is 2.43. The van der Waals surface area contributed by atoms with Crippen LogP contribution in [-0.2, 0) is 11.8 Å². The van der Waals surface area contributed by atoms with Crippen LogP contribution in [0.5, 0.6) is 0 Å². The summed E-state index contributed by atoms with van der Waals surface area (Å²) in [6.07, 6.45) is 6.22. The number of hydrogen-bond acceptors (Lipinski definition) is 2. The first-order valence-corrected chi connectivity index (χ1v) is 8.88. The van der Waals surface area contributed by atoms with E-state index in [1.54, 1.807) is 11.3 Å². The lowest BCUT2D eigenvalue weighted by atomic mass is 9.65. The predicted octanol–water partition coefficient (Wildman–Crippen LogP) is 5.21. The van der Waals surface area contributed by atoms with Gasteiger partial charge in [-0.05, 0) is 30.5 Å². The van der Waals surface area contributed by atoms with Crippen LogP contribution >= 0.6 is 22.9 Å². The van der Waals surface area contributed by atoms with Gasteiger partial charge in [0.1, 0.15) is 0 Å². The molecule has 1 unspecified atom stereocenters. The summed E-state index contributed by atoms with van der Waals surface area (Å²) in [7, 11) is 0. The molecule has 1 aliphatic rings. The Morgan fingerprint density at radius 1 is 1.05 bits per heavy atom. The third kappa shape index (κ3) is 3.18. The number of halogens is 1. The van der Waals surface area contributed by atoms with E-state index in [0.29, 0.717) is 6.42 Å². The molecule has 1 atom stereocenters. The van der Waals surface area contributed by atoms with Crippen molar-refractivity contribution >= 4 is 22.9 Å². The van der Waals surface area contributed by atoms with Crippen molar-refractivity contribution in [1.82, 2.24) is 0 Å². The maximum atomic E-state index is 11.0. The Bertz CT molecular complexity index is 572. The van der Waals surface area contributed by atoms with Crippen LogP contribution in [0.25, 0.3) is 0 Å². The van der Waals surface area contributed by atoms with Crippen molar-refractivity contribution < 1.29 is 5.11 Å². The fourth-order valence-electron chi connectivity index (χ4n) is 3.61. The maximum absolute atomic E-state index is 11.0. The zero-order valence-electron chi connectivity index (χ0n) is 12.1. The van der Waals surface area contributed by atoms with E-state index in [2.05, 4.69) is 24.3 Å². The number of aliphatic hydroxyl groups is 1. The minimum Gasteiger partial charge on any atom is -0.392 e. The third-order valence-electron chi connectivity index (χ3n) is 4.76. The molecule has 1 N–H and O–H groups in total. The minimum atomic E-state index is -0.338. The summed E-state index contributed by atoms with van der Waals surface area (Å²) in [5.74, 6) is 0. The van der Waals surface area contributed by atoms with Gasteiger partial charge in [0.25, 0.3) is 0 Å². The van der Waals surface area contributed by atoms with Gasteiger partial charge in [-0.3, -0.25) is 0 Å². The molecule has 0 bridgehead atoms. The van der Waals surface area contributed by atoms with Gasteiger partial charge in [-0.2, -0.15) is 0 Å². The fraction of sp³-hybridized carbons (Fsp3) is 0.444. The highest BCUT2D eigenvalue weighted by molar-refractivity contribution is 7.16. The van der Waals surface area contributed by atoms with Crippen molar-refractivity contribution in [3.05, 3.63) is 57.2 Å². The van der Waals surface area contributed by atoms with E-state index in [4.69, 9.17) is 11.6 Å². The van der Waals surface area contributed by atoms with Gasteiger partial charge in [0.05, 0.1) is 10.4 Å². The average Bonchev–Trinajstić information content (AvgIpc) is 2.94. The van der Waals surface area contributed by atoms with Gasteiger partial charge < -0.3 is 5.11 Å². The highest BCUT2D eigenvalue weighted by atomic mass is 35.5. The van der Waals surface area contributed by atoms with Crippen LogP contribution in [0.4, 0.5) is 0 Å². The van der Waals surface area contributed by atoms with Crippen molar-refractivity contribution in [2.24, 2.45) is 0 Å². The van der Waals surface area contributed by atoms with E-state index in [-0.39, 0.29) is 11.5 Å². The lowest BCUT2D eigenvalue weighted by molar-refractivity contribution is 0.0545. The molecule has 0 spiro atoms. The summed E-state index contributed by atoms with van der Waals surface area (Å²) in [4.78, 5) is 1.17. The Kier molecular flexibility index (Phi) is 4.68. The first-order chi connectivity index (χ1) is 10.2. The SMILES string of the molecule is OC(Cc1ccc(Cl)s1)C1(c2ccccc2)CCCCC1. The van der Waals surface area contributed by atoms with E-state index in [1.165, 1.54) is 29.7 Å². The van der Waals surface area contributed by atoms with Crippen molar-refractivity contribution in [2.75, 3.05) is 0 Å². The molecule has 21 heavy (non-hydrogen) atoms. The van der Waals surface area contributed by atoms with Crippen LogP contribution in [0, 0.1) is 0 Å². The molecule has 1 aromatic heterocycles. The smallest absolute Gasteiger partial charge is 0.0931 e. The second-order valence-electron chi connectivity index (χ2n) is 6.01. The Morgan fingerprint density at radius 3 is 2.38 bits per heavy atom. The van der Waals surface area contributed by atoms with Crippen molar-refractivity contribution in [3.8, 4) is 0 Å². The van der Waals surface area contributed by atoms with E-state index in [0.717, 1.165) is 17.2 Å². The molecule has 1 aliphatic carbocycles. The van der Waals surface area contributed by atoms with E-state index in [9.17, 15) is 5.11 Å². The Hall–Kier alpha value is -0.830. The summed E-state index contributed by atoms with van der Waals surface area (Å²) in [5.41, 5.74) is 1.20. The number of hydrogen-bond donors (Lipinski definition) is 1. The molecule has 0 radical (unpaired) electrons. The zero-order valence-corrected chi connectivity index (χ0v) is 13.7. The molecule has 0 saturated heterocycles. The van der Waals surface area contributed by atoms with Crippen molar-refractivity contribution in [3.63, 3.8) is 0 Å². The van der Waals surface area contributed by atoms with Gasteiger partial charge >= 0.3 is 0 Å². The van der Waals surface area contributed by atoms with E-state index < -0.39 is 0 Å². The third-order valence-corrected chi connectivity index (χ3v) is 6.01. The van der Waals surface area contributed by atoms with Gasteiger partial charge in [0.15, 0.2) is 0 Å². The van der Waals surface area contributed by atoms with Crippen LogP contribution < -0.4 is 0 Å². The van der Waals surface area contributed by atoms with Crippen LogP contribution in [0.3, 0.4) is 0 Å². The molecule has 1 heterocycles. The van der Waals surface area contributed by atoms with E-state index >= 15 is 0 Å². The molecule has 1 fully saturated rings. The molecule has 1 saturated carbocycles. The second-order valence-corrected chi connectivity index (χ2v) is 7.81. The van der Waals surface area contributed by atoms with Crippen molar-refractivity contribution in [2.45, 2.75) is 50.0 Å². The molecular weight excluding hydrogens is 300 g/mol. The molecule has 1 aromatic carbocycles. The van der Waals surface area contributed by atoms with Crippen molar-refractivity contribution in [1.29, 1.82) is 0 Å². The lowest BCUT2D eigenvalue weighted by Crippen LogP contribution is -2.42. The monoisotopic (exact) mass is 320 g/mol. The lowest BCUT2D eigenvalue weighted by Gasteiger charge is -2.42. The summed E-state index contributed by atoms with van der Waals surface area (Å²) >= 11 is 7.60. The zero-order chi connectivity index (χ0) is 14.7. The first-order valence-electron chi connectivity index (χ1n) is 7.68. The van der Waals surface area contributed by atoms with Gasteiger partial charge in [0, 0.05) is 16.7 Å². The van der Waals surface area contributed by atoms with Crippen LogP contribution in [0.2, 0.25) is 4.34 Å². The van der Waals surface area contributed by atoms with Gasteiger partial charge in [-0.25, -0.2) is 0 Å². The summed E-state index contributed by atoms with van der Waals surface area (Å²) in [5, 5.41) is 11.0. The molecule has 2 aromatic rings. The Labute approximate surface area is 135 Å². The van der Waals surface area contributed by atoms with Crippen LogP contribution in [-0.4, -0.2) is 11.2 Å². The van der Waals surface area contributed by atoms with Crippen LogP contribution in [0.1, 0.15) is 42.5 Å². The number of benzene rings is 1. The normalized spacial score (nSPS) is 19.3. The molecule has 3 heteroatoms. The summed E-state index contributed by atoms with van der Waals surface area (Å²) in [6.45, 7) is 0. The predicted molar refractivity (Wildman–Crippen MR) is 90.2 cm³/mol. The molecule has 0 amide bonds. The highest BCUT2D eigenvalue weighted by Gasteiger charge is 2.40. The largest absolute Gasteiger partial charge is 0.392 e. The Morgan fingerprint density at radius 2 is 1.76 bits per heavy atom. The summed E-state index contributed by atoms with van der Waals surface area (Å²) < 4.78 is 0.801. The average molecular weight is 321 g/mol. The molecular formula is C18H21ClOS. The second kappa shape index (κ2) is 6.51. The molecule has 0 aliphatic heterocycles. The maximum Gasteiger partial charge on any atom is 0.0931 e. The quantitative estimate of drug-likeness (QED) is 0.820.